The molecule has 28 heavy (non-hydrogen) atoms. The van der Waals surface area contributed by atoms with Gasteiger partial charge in [-0.2, -0.15) is 5.10 Å². The first-order chi connectivity index (χ1) is 13.6. The second kappa shape index (κ2) is 8.00. The van der Waals surface area contributed by atoms with Gasteiger partial charge in [0.15, 0.2) is 0 Å². The summed E-state index contributed by atoms with van der Waals surface area (Å²) in [5.74, 6) is 0.616. The van der Waals surface area contributed by atoms with Crippen molar-refractivity contribution in [2.45, 2.75) is 39.8 Å². The van der Waals surface area contributed by atoms with E-state index in [1.165, 1.54) is 0 Å². The Bertz CT molecular complexity index is 927. The van der Waals surface area contributed by atoms with E-state index in [0.717, 1.165) is 61.5 Å². The fourth-order valence-corrected chi connectivity index (χ4v) is 4.03. The molecule has 0 unspecified atom stereocenters. The Morgan fingerprint density at radius 3 is 2.71 bits per heavy atom. The van der Waals surface area contributed by atoms with Crippen LogP contribution in [-0.4, -0.2) is 43.2 Å². The Morgan fingerprint density at radius 2 is 2.04 bits per heavy atom. The average Bonchev–Trinajstić information content (AvgIpc) is 3.31. The van der Waals surface area contributed by atoms with Gasteiger partial charge in [0.2, 0.25) is 0 Å². The molecular formula is C22H27N5O. The molecule has 1 aromatic carbocycles. The smallest absolute Gasteiger partial charge is 0.253 e. The molecule has 1 aliphatic heterocycles. The zero-order valence-corrected chi connectivity index (χ0v) is 16.6. The highest BCUT2D eigenvalue weighted by atomic mass is 16.2. The minimum absolute atomic E-state index is 0.132. The van der Waals surface area contributed by atoms with Gasteiger partial charge in [-0.1, -0.05) is 12.1 Å². The lowest BCUT2D eigenvalue weighted by molar-refractivity contribution is 0.0662. The van der Waals surface area contributed by atoms with Crippen molar-refractivity contribution in [1.82, 2.24) is 24.2 Å². The standard InChI is InChI=1S/C22H27N5O/c1-17-12-18(2)27(24-17)15-19-5-7-21(8-6-19)22(28)26-10-3-4-20(14-26)13-25-11-9-23-16-25/h5-9,11-12,16,20H,3-4,10,13-15H2,1-2H3/t20-/m1/s1. The van der Waals surface area contributed by atoms with E-state index >= 15 is 0 Å². The second-order valence-corrected chi connectivity index (χ2v) is 7.80. The Kier molecular flexibility index (Phi) is 5.28. The monoisotopic (exact) mass is 377 g/mol. The lowest BCUT2D eigenvalue weighted by Gasteiger charge is -2.33. The number of hydrogen-bond donors (Lipinski definition) is 0. The molecule has 0 bridgehead atoms. The molecule has 1 aliphatic rings. The van der Waals surface area contributed by atoms with E-state index in [4.69, 9.17) is 0 Å². The van der Waals surface area contributed by atoms with Gasteiger partial charge in [-0.25, -0.2) is 4.98 Å². The van der Waals surface area contributed by atoms with Crippen molar-refractivity contribution in [3.8, 4) is 0 Å². The van der Waals surface area contributed by atoms with E-state index in [-0.39, 0.29) is 5.91 Å². The summed E-state index contributed by atoms with van der Waals surface area (Å²) >= 11 is 0. The maximum Gasteiger partial charge on any atom is 0.253 e. The summed E-state index contributed by atoms with van der Waals surface area (Å²) in [4.78, 5) is 19.1. The molecule has 6 nitrogen and oxygen atoms in total. The minimum atomic E-state index is 0.132. The summed E-state index contributed by atoms with van der Waals surface area (Å²) in [5, 5.41) is 4.51. The van der Waals surface area contributed by atoms with Crippen LogP contribution in [0.25, 0.3) is 0 Å². The van der Waals surface area contributed by atoms with E-state index in [9.17, 15) is 4.79 Å². The highest BCUT2D eigenvalue weighted by Gasteiger charge is 2.24. The van der Waals surface area contributed by atoms with Gasteiger partial charge in [0.1, 0.15) is 0 Å². The fourth-order valence-electron chi connectivity index (χ4n) is 4.03. The van der Waals surface area contributed by atoms with Gasteiger partial charge >= 0.3 is 0 Å². The third-order valence-corrected chi connectivity index (χ3v) is 5.47. The predicted molar refractivity (Wildman–Crippen MR) is 108 cm³/mol. The van der Waals surface area contributed by atoms with E-state index in [2.05, 4.69) is 27.6 Å². The molecular weight excluding hydrogens is 350 g/mol. The summed E-state index contributed by atoms with van der Waals surface area (Å²) in [5.41, 5.74) is 4.09. The van der Waals surface area contributed by atoms with Crippen LogP contribution in [0.1, 0.15) is 40.2 Å². The zero-order valence-electron chi connectivity index (χ0n) is 16.6. The SMILES string of the molecule is Cc1cc(C)n(Cc2ccc(C(=O)N3CCC[C@H](Cn4ccnc4)C3)cc2)n1. The molecule has 0 aliphatic carbocycles. The third kappa shape index (κ3) is 4.16. The summed E-state index contributed by atoms with van der Waals surface area (Å²) in [7, 11) is 0. The molecule has 0 radical (unpaired) electrons. The van der Waals surface area contributed by atoms with Crippen LogP contribution in [0, 0.1) is 19.8 Å². The molecule has 1 fully saturated rings. The number of likely N-dealkylation sites (tertiary alicyclic amines) is 1. The highest BCUT2D eigenvalue weighted by molar-refractivity contribution is 5.94. The Hall–Kier alpha value is -2.89. The molecule has 0 N–H and O–H groups in total. The summed E-state index contributed by atoms with van der Waals surface area (Å²) in [6.45, 7) is 7.37. The zero-order chi connectivity index (χ0) is 19.5. The van der Waals surface area contributed by atoms with Crippen LogP contribution in [0.3, 0.4) is 0 Å². The molecule has 3 aromatic rings. The molecule has 1 atom stereocenters. The molecule has 1 saturated heterocycles. The van der Waals surface area contributed by atoms with Gasteiger partial charge in [0.25, 0.3) is 5.91 Å². The first-order valence-corrected chi connectivity index (χ1v) is 9.93. The number of aromatic nitrogens is 4. The Morgan fingerprint density at radius 1 is 1.21 bits per heavy atom. The van der Waals surface area contributed by atoms with E-state index in [0.29, 0.717) is 5.92 Å². The highest BCUT2D eigenvalue weighted by Crippen LogP contribution is 2.20. The lowest BCUT2D eigenvalue weighted by Crippen LogP contribution is -2.41. The summed E-state index contributed by atoms with van der Waals surface area (Å²) in [6.07, 6.45) is 7.86. The topological polar surface area (TPSA) is 56.0 Å². The van der Waals surface area contributed by atoms with Crippen LogP contribution < -0.4 is 0 Å². The van der Waals surface area contributed by atoms with Crippen LogP contribution in [0.2, 0.25) is 0 Å². The van der Waals surface area contributed by atoms with Gasteiger partial charge in [-0.05, 0) is 56.4 Å². The number of nitrogens with zero attached hydrogens (tertiary/aromatic N) is 5. The lowest BCUT2D eigenvalue weighted by atomic mass is 9.97. The number of amides is 1. The van der Waals surface area contributed by atoms with Crippen LogP contribution in [0.15, 0.2) is 49.1 Å². The molecule has 1 amide bonds. The molecule has 6 heteroatoms. The van der Waals surface area contributed by atoms with Crippen LogP contribution in [0.4, 0.5) is 0 Å². The van der Waals surface area contributed by atoms with Gasteiger partial charge in [0.05, 0.1) is 18.6 Å². The average molecular weight is 377 g/mol. The van der Waals surface area contributed by atoms with Crippen molar-refractivity contribution < 1.29 is 4.79 Å². The van der Waals surface area contributed by atoms with Crippen molar-refractivity contribution >= 4 is 5.91 Å². The number of piperidine rings is 1. The molecule has 0 spiro atoms. The second-order valence-electron chi connectivity index (χ2n) is 7.80. The largest absolute Gasteiger partial charge is 0.338 e. The Labute approximate surface area is 165 Å². The van der Waals surface area contributed by atoms with Gasteiger partial charge in [-0.3, -0.25) is 9.48 Å². The molecule has 4 rings (SSSR count). The number of imidazole rings is 1. The normalized spacial score (nSPS) is 17.1. The van der Waals surface area contributed by atoms with Crippen molar-refractivity contribution in [1.29, 1.82) is 0 Å². The number of benzene rings is 1. The van der Waals surface area contributed by atoms with Crippen molar-refractivity contribution in [3.63, 3.8) is 0 Å². The predicted octanol–water partition coefficient (Wildman–Crippen LogP) is 3.30. The van der Waals surface area contributed by atoms with Crippen LogP contribution >= 0.6 is 0 Å². The number of carbonyl (C=O) groups excluding carboxylic acids is 1. The van der Waals surface area contributed by atoms with Gasteiger partial charge < -0.3 is 9.47 Å². The molecule has 3 heterocycles. The van der Waals surface area contributed by atoms with Crippen LogP contribution in [0.5, 0.6) is 0 Å². The molecule has 146 valence electrons. The van der Waals surface area contributed by atoms with Crippen LogP contribution in [-0.2, 0) is 13.1 Å². The molecule has 2 aromatic heterocycles. The van der Waals surface area contributed by atoms with Gasteiger partial charge in [0, 0.05) is 43.3 Å². The first kappa shape index (κ1) is 18.5. The van der Waals surface area contributed by atoms with Crippen molar-refractivity contribution in [3.05, 3.63) is 71.6 Å². The number of aryl methyl sites for hydroxylation is 2. The van der Waals surface area contributed by atoms with E-state index in [1.54, 1.807) is 6.20 Å². The first-order valence-electron chi connectivity index (χ1n) is 9.93. The quantitative estimate of drug-likeness (QED) is 0.686. The minimum Gasteiger partial charge on any atom is -0.338 e. The maximum absolute atomic E-state index is 13.0. The van der Waals surface area contributed by atoms with Crippen molar-refractivity contribution in [2.75, 3.05) is 13.1 Å². The van der Waals surface area contributed by atoms with E-state index < -0.39 is 0 Å². The van der Waals surface area contributed by atoms with E-state index in [1.807, 2.05) is 53.3 Å². The Balaban J connectivity index is 1.39. The fraction of sp³-hybridized carbons (Fsp3) is 0.409. The van der Waals surface area contributed by atoms with Crippen molar-refractivity contribution in [2.24, 2.45) is 5.92 Å². The number of rotatable bonds is 5. The number of carbonyl (C=O) groups is 1. The third-order valence-electron chi connectivity index (χ3n) is 5.47. The summed E-state index contributed by atoms with van der Waals surface area (Å²) in [6, 6.07) is 10.0. The maximum atomic E-state index is 13.0. The van der Waals surface area contributed by atoms with Gasteiger partial charge in [-0.15, -0.1) is 0 Å². The number of hydrogen-bond acceptors (Lipinski definition) is 3. The summed E-state index contributed by atoms with van der Waals surface area (Å²) < 4.78 is 4.10. The molecule has 0 saturated carbocycles.